The lowest BCUT2D eigenvalue weighted by molar-refractivity contribution is -0.384. The molecule has 0 radical (unpaired) electrons. The predicted molar refractivity (Wildman–Crippen MR) is 103 cm³/mol. The highest BCUT2D eigenvalue weighted by atomic mass is 35.5. The van der Waals surface area contributed by atoms with Crippen molar-refractivity contribution < 1.29 is 17.8 Å². The molecule has 0 fully saturated rings. The van der Waals surface area contributed by atoms with Crippen molar-refractivity contribution in [1.82, 2.24) is 0 Å². The summed E-state index contributed by atoms with van der Waals surface area (Å²) in [6.07, 6.45) is 0. The number of hydrogen-bond donors (Lipinski definition) is 1. The SMILES string of the molecule is O=[N+]([O-])c1cc(S(=O)(=O)Nc2ccc3oc4ccccc4c3c2)ccc1Cl. The van der Waals surface area contributed by atoms with Crippen LogP contribution in [-0.2, 0) is 10.0 Å². The maximum atomic E-state index is 12.6. The van der Waals surface area contributed by atoms with E-state index in [2.05, 4.69) is 4.72 Å². The molecule has 136 valence electrons. The Morgan fingerprint density at radius 3 is 2.48 bits per heavy atom. The Bertz CT molecular complexity index is 1310. The highest BCUT2D eigenvalue weighted by Gasteiger charge is 2.21. The molecule has 0 spiro atoms. The number of para-hydroxylation sites is 1. The minimum Gasteiger partial charge on any atom is -0.456 e. The van der Waals surface area contributed by atoms with Crippen molar-refractivity contribution >= 4 is 54.9 Å². The third kappa shape index (κ3) is 3.09. The Morgan fingerprint density at radius 2 is 1.70 bits per heavy atom. The van der Waals surface area contributed by atoms with E-state index >= 15 is 0 Å². The molecule has 4 rings (SSSR count). The van der Waals surface area contributed by atoms with Gasteiger partial charge in [-0.1, -0.05) is 29.8 Å². The highest BCUT2D eigenvalue weighted by molar-refractivity contribution is 7.92. The highest BCUT2D eigenvalue weighted by Crippen LogP contribution is 2.32. The fraction of sp³-hybridized carbons (Fsp3) is 0. The summed E-state index contributed by atoms with van der Waals surface area (Å²) < 4.78 is 33.4. The Labute approximate surface area is 158 Å². The van der Waals surface area contributed by atoms with Gasteiger partial charge in [-0.2, -0.15) is 0 Å². The number of sulfonamides is 1. The van der Waals surface area contributed by atoms with Crippen LogP contribution in [0.15, 0.2) is 70.0 Å². The summed E-state index contributed by atoms with van der Waals surface area (Å²) in [4.78, 5) is 10.0. The summed E-state index contributed by atoms with van der Waals surface area (Å²) in [6.45, 7) is 0. The van der Waals surface area contributed by atoms with E-state index in [0.29, 0.717) is 16.9 Å². The quantitative estimate of drug-likeness (QED) is 0.384. The number of rotatable bonds is 4. The van der Waals surface area contributed by atoms with E-state index in [9.17, 15) is 18.5 Å². The van der Waals surface area contributed by atoms with Gasteiger partial charge >= 0.3 is 0 Å². The third-order valence-corrected chi connectivity index (χ3v) is 5.75. The number of nitrogens with one attached hydrogen (secondary N) is 1. The van der Waals surface area contributed by atoms with Crippen LogP contribution in [0.3, 0.4) is 0 Å². The first kappa shape index (κ1) is 17.3. The number of halogens is 1. The third-order valence-electron chi connectivity index (χ3n) is 4.05. The van der Waals surface area contributed by atoms with Crippen LogP contribution in [0.5, 0.6) is 0 Å². The molecule has 3 aromatic carbocycles. The van der Waals surface area contributed by atoms with Crippen LogP contribution in [0.1, 0.15) is 0 Å². The number of nitro groups is 1. The zero-order chi connectivity index (χ0) is 19.2. The topological polar surface area (TPSA) is 102 Å². The molecule has 0 unspecified atom stereocenters. The van der Waals surface area contributed by atoms with Crippen LogP contribution in [0.25, 0.3) is 21.9 Å². The van der Waals surface area contributed by atoms with E-state index in [1.165, 1.54) is 12.1 Å². The minimum atomic E-state index is -4.03. The molecule has 0 amide bonds. The van der Waals surface area contributed by atoms with Gasteiger partial charge < -0.3 is 4.42 Å². The van der Waals surface area contributed by atoms with Crippen molar-refractivity contribution in [2.45, 2.75) is 4.90 Å². The first-order valence-corrected chi connectivity index (χ1v) is 9.59. The van der Waals surface area contributed by atoms with Crippen molar-refractivity contribution in [2.24, 2.45) is 0 Å². The second-order valence-electron chi connectivity index (χ2n) is 5.78. The molecule has 1 heterocycles. The zero-order valence-electron chi connectivity index (χ0n) is 13.5. The summed E-state index contributed by atoms with van der Waals surface area (Å²) in [7, 11) is -4.03. The number of nitrogens with zero attached hydrogens (tertiary/aromatic N) is 1. The monoisotopic (exact) mass is 402 g/mol. The normalized spacial score (nSPS) is 11.7. The van der Waals surface area contributed by atoms with Crippen molar-refractivity contribution in [1.29, 1.82) is 0 Å². The van der Waals surface area contributed by atoms with Gasteiger partial charge in [-0.15, -0.1) is 0 Å². The molecule has 0 aliphatic heterocycles. The lowest BCUT2D eigenvalue weighted by atomic mass is 10.1. The minimum absolute atomic E-state index is 0.134. The van der Waals surface area contributed by atoms with Crippen LogP contribution in [0, 0.1) is 10.1 Å². The molecule has 0 saturated heterocycles. The van der Waals surface area contributed by atoms with E-state index < -0.39 is 20.6 Å². The molecule has 1 aromatic heterocycles. The Balaban J connectivity index is 1.75. The van der Waals surface area contributed by atoms with Gasteiger partial charge in [0.2, 0.25) is 0 Å². The fourth-order valence-corrected chi connectivity index (χ4v) is 4.06. The van der Waals surface area contributed by atoms with Gasteiger partial charge in [0.25, 0.3) is 15.7 Å². The molecule has 0 saturated carbocycles. The van der Waals surface area contributed by atoms with Gasteiger partial charge in [0.1, 0.15) is 16.2 Å². The maximum Gasteiger partial charge on any atom is 0.289 e. The number of benzene rings is 3. The molecule has 9 heteroatoms. The Kier molecular flexibility index (Phi) is 4.01. The van der Waals surface area contributed by atoms with E-state index in [1.54, 1.807) is 18.2 Å². The maximum absolute atomic E-state index is 12.6. The number of furan rings is 1. The summed E-state index contributed by atoms with van der Waals surface area (Å²) in [6, 6.07) is 15.6. The molecule has 27 heavy (non-hydrogen) atoms. The second-order valence-corrected chi connectivity index (χ2v) is 7.87. The Hall–Kier alpha value is -3.10. The molecule has 7 nitrogen and oxygen atoms in total. The summed E-state index contributed by atoms with van der Waals surface area (Å²) in [5, 5.41) is 12.5. The van der Waals surface area contributed by atoms with Gasteiger partial charge in [0, 0.05) is 22.5 Å². The molecule has 0 atom stereocenters. The summed E-state index contributed by atoms with van der Waals surface area (Å²) >= 11 is 5.74. The lowest BCUT2D eigenvalue weighted by Gasteiger charge is -2.08. The van der Waals surface area contributed by atoms with Gasteiger partial charge in [0.15, 0.2) is 0 Å². The van der Waals surface area contributed by atoms with Crippen molar-refractivity contribution in [3.05, 3.63) is 75.8 Å². The van der Waals surface area contributed by atoms with Crippen LogP contribution >= 0.6 is 11.6 Å². The van der Waals surface area contributed by atoms with Crippen molar-refractivity contribution in [2.75, 3.05) is 4.72 Å². The average Bonchev–Trinajstić information content (AvgIpc) is 2.99. The number of hydrogen-bond acceptors (Lipinski definition) is 5. The first-order chi connectivity index (χ1) is 12.8. The summed E-state index contributed by atoms with van der Waals surface area (Å²) in [5.41, 5.74) is 1.16. The van der Waals surface area contributed by atoms with Gasteiger partial charge in [-0.25, -0.2) is 8.42 Å². The summed E-state index contributed by atoms with van der Waals surface area (Å²) in [5.74, 6) is 0. The molecule has 0 bridgehead atoms. The first-order valence-electron chi connectivity index (χ1n) is 7.73. The van der Waals surface area contributed by atoms with Gasteiger partial charge in [-0.05, 0) is 36.4 Å². The van der Waals surface area contributed by atoms with Crippen LogP contribution in [0.2, 0.25) is 5.02 Å². The van der Waals surface area contributed by atoms with Crippen molar-refractivity contribution in [3.63, 3.8) is 0 Å². The molecule has 4 aromatic rings. The molecule has 1 N–H and O–H groups in total. The molecular weight excluding hydrogens is 392 g/mol. The van der Waals surface area contributed by atoms with Crippen LogP contribution in [-0.4, -0.2) is 13.3 Å². The molecular formula is C18H11ClN2O5S. The van der Waals surface area contributed by atoms with Crippen molar-refractivity contribution in [3.8, 4) is 0 Å². The standard InChI is InChI=1S/C18H11ClN2O5S/c19-15-7-6-12(10-16(15)21(22)23)27(24,25)20-11-5-8-18-14(9-11)13-3-1-2-4-17(13)26-18/h1-10,20H. The zero-order valence-corrected chi connectivity index (χ0v) is 15.1. The predicted octanol–water partition coefficient (Wildman–Crippen LogP) is 4.95. The number of nitro benzene ring substituents is 1. The van der Waals surface area contributed by atoms with Crippen LogP contribution in [0.4, 0.5) is 11.4 Å². The van der Waals surface area contributed by atoms with Crippen LogP contribution < -0.4 is 4.72 Å². The van der Waals surface area contributed by atoms with Gasteiger partial charge in [0.05, 0.1) is 9.82 Å². The van der Waals surface area contributed by atoms with E-state index in [1.807, 2.05) is 24.3 Å². The van der Waals surface area contributed by atoms with E-state index in [0.717, 1.165) is 16.8 Å². The van der Waals surface area contributed by atoms with Gasteiger partial charge in [-0.3, -0.25) is 14.8 Å². The largest absolute Gasteiger partial charge is 0.456 e. The lowest BCUT2D eigenvalue weighted by Crippen LogP contribution is -2.13. The smallest absolute Gasteiger partial charge is 0.289 e. The van der Waals surface area contributed by atoms with E-state index in [-0.39, 0.29) is 9.92 Å². The molecule has 0 aliphatic rings. The van der Waals surface area contributed by atoms with E-state index in [4.69, 9.17) is 16.0 Å². The Morgan fingerprint density at radius 1 is 0.963 bits per heavy atom. The average molecular weight is 403 g/mol. The number of fused-ring (bicyclic) bond motifs is 3. The molecule has 0 aliphatic carbocycles. The fourth-order valence-electron chi connectivity index (χ4n) is 2.80. The second kappa shape index (κ2) is 6.26. The number of anilines is 1.